The van der Waals surface area contributed by atoms with E-state index >= 15 is 0 Å². The van der Waals surface area contributed by atoms with Crippen LogP contribution < -0.4 is 5.73 Å². The molecule has 1 amide bonds. The first-order chi connectivity index (χ1) is 8.99. The Kier molecular flexibility index (Phi) is 4.10. The molecule has 1 saturated carbocycles. The zero-order valence-electron chi connectivity index (χ0n) is 11.5. The minimum atomic E-state index is -0.446. The molecule has 0 saturated heterocycles. The van der Waals surface area contributed by atoms with Crippen molar-refractivity contribution in [3.63, 3.8) is 0 Å². The van der Waals surface area contributed by atoms with Crippen molar-refractivity contribution in [3.05, 3.63) is 29.8 Å². The number of hydrogen-bond donors (Lipinski definition) is 2. The van der Waals surface area contributed by atoms with Crippen LogP contribution in [0.1, 0.15) is 32.3 Å². The van der Waals surface area contributed by atoms with Gasteiger partial charge in [-0.25, -0.2) is 0 Å². The number of phenols is 1. The van der Waals surface area contributed by atoms with Gasteiger partial charge < -0.3 is 15.7 Å². The van der Waals surface area contributed by atoms with Gasteiger partial charge in [0.15, 0.2) is 0 Å². The van der Waals surface area contributed by atoms with Crippen LogP contribution in [0.5, 0.6) is 5.75 Å². The molecule has 1 aliphatic carbocycles. The van der Waals surface area contributed by atoms with Crippen molar-refractivity contribution in [2.24, 2.45) is 11.7 Å². The number of carbonyl (C=O) groups excluding carboxylic acids is 1. The van der Waals surface area contributed by atoms with Crippen LogP contribution in [0.2, 0.25) is 0 Å². The summed E-state index contributed by atoms with van der Waals surface area (Å²) in [4.78, 5) is 14.3. The number of carbonyl (C=O) groups is 1. The Balaban J connectivity index is 2.10. The first-order valence-electron chi connectivity index (χ1n) is 6.83. The van der Waals surface area contributed by atoms with Crippen LogP contribution in [0.3, 0.4) is 0 Å². The molecule has 0 aromatic heterocycles. The summed E-state index contributed by atoms with van der Waals surface area (Å²) in [7, 11) is 0. The number of amides is 1. The van der Waals surface area contributed by atoms with E-state index in [0.29, 0.717) is 12.6 Å². The van der Waals surface area contributed by atoms with Crippen LogP contribution in [0, 0.1) is 5.92 Å². The van der Waals surface area contributed by atoms with Crippen LogP contribution in [0.15, 0.2) is 24.3 Å². The minimum Gasteiger partial charge on any atom is -0.508 e. The van der Waals surface area contributed by atoms with E-state index in [0.717, 1.165) is 18.4 Å². The van der Waals surface area contributed by atoms with Gasteiger partial charge in [0.05, 0.1) is 6.04 Å². The highest BCUT2D eigenvalue weighted by molar-refractivity contribution is 5.82. The second-order valence-corrected chi connectivity index (χ2v) is 5.64. The van der Waals surface area contributed by atoms with E-state index in [2.05, 4.69) is 0 Å². The predicted molar refractivity (Wildman–Crippen MR) is 74.5 cm³/mol. The van der Waals surface area contributed by atoms with E-state index in [1.165, 1.54) is 0 Å². The highest BCUT2D eigenvalue weighted by Crippen LogP contribution is 2.29. The normalized spacial score (nSPS) is 16.4. The summed E-state index contributed by atoms with van der Waals surface area (Å²) < 4.78 is 0. The molecule has 1 aromatic rings. The van der Waals surface area contributed by atoms with Gasteiger partial charge in [0, 0.05) is 12.6 Å². The summed E-state index contributed by atoms with van der Waals surface area (Å²) in [6.07, 6.45) is 2.10. The summed E-state index contributed by atoms with van der Waals surface area (Å²) in [5.74, 6) is 0.382. The first kappa shape index (κ1) is 13.9. The number of rotatable bonds is 5. The molecule has 0 radical (unpaired) electrons. The summed E-state index contributed by atoms with van der Waals surface area (Å²) in [6.45, 7) is 4.45. The van der Waals surface area contributed by atoms with Crippen molar-refractivity contribution in [3.8, 4) is 5.75 Å². The Bertz CT molecular complexity index is 455. The van der Waals surface area contributed by atoms with Gasteiger partial charge in [0.2, 0.25) is 5.91 Å². The second kappa shape index (κ2) is 5.61. The molecule has 1 atom stereocenters. The van der Waals surface area contributed by atoms with Crippen LogP contribution in [-0.4, -0.2) is 28.0 Å². The number of nitrogens with zero attached hydrogens (tertiary/aromatic N) is 1. The number of benzene rings is 1. The second-order valence-electron chi connectivity index (χ2n) is 5.64. The maximum atomic E-state index is 12.4. The number of aromatic hydroxyl groups is 1. The summed E-state index contributed by atoms with van der Waals surface area (Å²) >= 11 is 0. The molecule has 2 rings (SSSR count). The summed E-state index contributed by atoms with van der Waals surface area (Å²) in [5.41, 5.74) is 6.91. The van der Waals surface area contributed by atoms with Crippen molar-refractivity contribution in [2.45, 2.75) is 45.3 Å². The van der Waals surface area contributed by atoms with Crippen LogP contribution >= 0.6 is 0 Å². The Morgan fingerprint density at radius 3 is 2.68 bits per heavy atom. The van der Waals surface area contributed by atoms with Gasteiger partial charge in [-0.1, -0.05) is 26.0 Å². The Hall–Kier alpha value is -1.55. The van der Waals surface area contributed by atoms with Gasteiger partial charge in [0.1, 0.15) is 5.75 Å². The fourth-order valence-electron chi connectivity index (χ4n) is 2.10. The third-order valence-corrected chi connectivity index (χ3v) is 3.54. The largest absolute Gasteiger partial charge is 0.508 e. The molecule has 0 unspecified atom stereocenters. The molecule has 1 fully saturated rings. The lowest BCUT2D eigenvalue weighted by atomic mass is 10.0. The number of hydrogen-bond acceptors (Lipinski definition) is 3. The number of nitrogens with two attached hydrogens (primary N) is 1. The van der Waals surface area contributed by atoms with E-state index in [1.54, 1.807) is 18.2 Å². The molecule has 104 valence electrons. The maximum absolute atomic E-state index is 12.4. The fourth-order valence-corrected chi connectivity index (χ4v) is 2.10. The SMILES string of the molecule is CC(C)[C@@H](N)C(=O)N(Cc1cccc(O)c1)C1CC1. The highest BCUT2D eigenvalue weighted by atomic mass is 16.3. The monoisotopic (exact) mass is 262 g/mol. The molecule has 0 aliphatic heterocycles. The predicted octanol–water partition coefficient (Wildman–Crippen LogP) is 1.87. The van der Waals surface area contributed by atoms with E-state index in [9.17, 15) is 9.90 Å². The maximum Gasteiger partial charge on any atom is 0.240 e. The molecule has 4 heteroatoms. The van der Waals surface area contributed by atoms with Gasteiger partial charge in [-0.15, -0.1) is 0 Å². The Morgan fingerprint density at radius 2 is 2.16 bits per heavy atom. The van der Waals surface area contributed by atoms with Gasteiger partial charge in [0.25, 0.3) is 0 Å². The summed E-state index contributed by atoms with van der Waals surface area (Å²) in [6, 6.07) is 6.92. The van der Waals surface area contributed by atoms with Gasteiger partial charge in [-0.05, 0) is 36.5 Å². The lowest BCUT2D eigenvalue weighted by Crippen LogP contribution is -2.47. The zero-order valence-corrected chi connectivity index (χ0v) is 11.5. The minimum absolute atomic E-state index is 0.0147. The standard InChI is InChI=1S/C15H22N2O2/c1-10(2)14(16)15(19)17(12-6-7-12)9-11-4-3-5-13(18)8-11/h3-5,8,10,12,14,18H,6-7,9,16H2,1-2H3/t14-/m1/s1. The van der Waals surface area contributed by atoms with Crippen molar-refractivity contribution < 1.29 is 9.90 Å². The van der Waals surface area contributed by atoms with E-state index in [1.807, 2.05) is 24.8 Å². The Labute approximate surface area is 114 Å². The molecule has 19 heavy (non-hydrogen) atoms. The lowest BCUT2D eigenvalue weighted by Gasteiger charge is -2.27. The van der Waals surface area contributed by atoms with E-state index in [4.69, 9.17) is 5.73 Å². The van der Waals surface area contributed by atoms with E-state index in [-0.39, 0.29) is 17.6 Å². The van der Waals surface area contributed by atoms with E-state index < -0.39 is 6.04 Å². The molecule has 0 heterocycles. The van der Waals surface area contributed by atoms with Crippen LogP contribution in [0.4, 0.5) is 0 Å². The molecular weight excluding hydrogens is 240 g/mol. The van der Waals surface area contributed by atoms with Gasteiger partial charge in [-0.2, -0.15) is 0 Å². The van der Waals surface area contributed by atoms with Crippen molar-refractivity contribution in [1.82, 2.24) is 4.90 Å². The molecule has 3 N–H and O–H groups in total. The third kappa shape index (κ3) is 3.47. The molecule has 1 aliphatic rings. The highest BCUT2D eigenvalue weighted by Gasteiger charge is 2.35. The topological polar surface area (TPSA) is 66.6 Å². The van der Waals surface area contributed by atoms with Gasteiger partial charge in [-0.3, -0.25) is 4.79 Å². The molecule has 1 aromatic carbocycles. The third-order valence-electron chi connectivity index (χ3n) is 3.54. The summed E-state index contributed by atoms with van der Waals surface area (Å²) in [5, 5.41) is 9.49. The smallest absolute Gasteiger partial charge is 0.240 e. The van der Waals surface area contributed by atoms with Crippen molar-refractivity contribution in [1.29, 1.82) is 0 Å². The average Bonchev–Trinajstić information content (AvgIpc) is 3.18. The van der Waals surface area contributed by atoms with Gasteiger partial charge >= 0.3 is 0 Å². The zero-order chi connectivity index (χ0) is 14.0. The van der Waals surface area contributed by atoms with Crippen LogP contribution in [0.25, 0.3) is 0 Å². The van der Waals surface area contributed by atoms with Crippen LogP contribution in [-0.2, 0) is 11.3 Å². The quantitative estimate of drug-likeness (QED) is 0.851. The molecular formula is C15H22N2O2. The molecule has 0 bridgehead atoms. The van der Waals surface area contributed by atoms with Crippen molar-refractivity contribution in [2.75, 3.05) is 0 Å². The lowest BCUT2D eigenvalue weighted by molar-refractivity contribution is -0.134. The molecule has 0 spiro atoms. The number of phenolic OH excluding ortho intramolecular Hbond substituents is 1. The molecule has 4 nitrogen and oxygen atoms in total. The Morgan fingerprint density at radius 1 is 1.47 bits per heavy atom. The average molecular weight is 262 g/mol. The van der Waals surface area contributed by atoms with Crippen molar-refractivity contribution >= 4 is 5.91 Å². The fraction of sp³-hybridized carbons (Fsp3) is 0.533. The first-order valence-corrected chi connectivity index (χ1v) is 6.83.